The third-order valence-corrected chi connectivity index (χ3v) is 8.03. The predicted octanol–water partition coefficient (Wildman–Crippen LogP) is 3.69. The van der Waals surface area contributed by atoms with Gasteiger partial charge in [-0.25, -0.2) is 18.1 Å². The van der Waals surface area contributed by atoms with Crippen LogP contribution in [0.25, 0.3) is 0 Å². The topological polar surface area (TPSA) is 101 Å². The van der Waals surface area contributed by atoms with Gasteiger partial charge in [-0.1, -0.05) is 41.9 Å². The summed E-state index contributed by atoms with van der Waals surface area (Å²) >= 11 is 6.08. The monoisotopic (exact) mass is 526 g/mol. The van der Waals surface area contributed by atoms with Crippen LogP contribution in [-0.2, 0) is 30.8 Å². The summed E-state index contributed by atoms with van der Waals surface area (Å²) < 4.78 is 33.0. The van der Waals surface area contributed by atoms with Crippen LogP contribution in [0.4, 0.5) is 5.69 Å². The molecule has 1 unspecified atom stereocenters. The van der Waals surface area contributed by atoms with Gasteiger partial charge in [-0.05, 0) is 60.5 Å². The number of amides is 2. The summed E-state index contributed by atoms with van der Waals surface area (Å²) in [5.41, 5.74) is 1.29. The molecule has 3 aromatic carbocycles. The van der Waals surface area contributed by atoms with E-state index in [4.69, 9.17) is 11.6 Å². The van der Waals surface area contributed by atoms with Gasteiger partial charge in [-0.2, -0.15) is 4.31 Å². The van der Waals surface area contributed by atoms with Gasteiger partial charge in [0.25, 0.3) is 5.91 Å². The summed E-state index contributed by atoms with van der Waals surface area (Å²) in [6.45, 7) is -0.0314. The number of carbonyl (C=O) groups excluding carboxylic acids is 3. The minimum Gasteiger partial charge on any atom is -0.465 e. The number of halogens is 1. The van der Waals surface area contributed by atoms with Gasteiger partial charge in [0.05, 0.1) is 29.7 Å². The highest BCUT2D eigenvalue weighted by molar-refractivity contribution is 7.89. The van der Waals surface area contributed by atoms with Gasteiger partial charge in [-0.15, -0.1) is 0 Å². The van der Waals surface area contributed by atoms with Crippen molar-refractivity contribution in [2.45, 2.75) is 23.8 Å². The minimum atomic E-state index is -4.11. The summed E-state index contributed by atoms with van der Waals surface area (Å²) in [4.78, 5) is 39.1. The average Bonchev–Trinajstić information content (AvgIpc) is 3.17. The molecule has 0 aromatic heterocycles. The Balaban J connectivity index is 1.66. The molecule has 0 saturated carbocycles. The first kappa shape index (κ1) is 25.6. The van der Waals surface area contributed by atoms with E-state index in [9.17, 15) is 22.8 Å². The van der Waals surface area contributed by atoms with Crippen molar-refractivity contribution in [1.29, 1.82) is 0 Å². The maximum absolute atomic E-state index is 13.6. The van der Waals surface area contributed by atoms with Crippen LogP contribution in [0.5, 0.6) is 0 Å². The molecule has 10 heteroatoms. The molecular weight excluding hydrogens is 504 g/mol. The van der Waals surface area contributed by atoms with Crippen molar-refractivity contribution in [2.24, 2.45) is 0 Å². The molecule has 1 atom stereocenters. The molecule has 0 aliphatic carbocycles. The van der Waals surface area contributed by atoms with Gasteiger partial charge < -0.3 is 4.74 Å². The number of rotatable bonds is 8. The Bertz CT molecular complexity index is 1390. The first-order valence-electron chi connectivity index (χ1n) is 11.1. The molecule has 4 rings (SSSR count). The van der Waals surface area contributed by atoms with Crippen LogP contribution in [0.1, 0.15) is 22.3 Å². The van der Waals surface area contributed by atoms with Crippen LogP contribution in [0, 0.1) is 0 Å². The SMILES string of the molecule is COC(=O)c1ccc(N2C(=O)CC(N(CCc3cccc(Cl)c3)S(=O)(=O)c3ccccc3)C2=O)cc1. The van der Waals surface area contributed by atoms with E-state index in [1.807, 2.05) is 6.07 Å². The zero-order chi connectivity index (χ0) is 25.9. The standard InChI is InChI=1S/C26H23ClN2O6S/c1-35-26(32)19-10-12-21(13-11-19)29-24(30)17-23(25(29)31)28(15-14-18-6-5-7-20(27)16-18)36(33,34)22-8-3-2-4-9-22/h2-13,16,23H,14-15,17H2,1H3. The summed E-state index contributed by atoms with van der Waals surface area (Å²) in [7, 11) is -2.86. The fourth-order valence-electron chi connectivity index (χ4n) is 4.08. The highest BCUT2D eigenvalue weighted by Gasteiger charge is 2.46. The number of carbonyl (C=O) groups is 3. The van der Waals surface area contributed by atoms with Gasteiger partial charge in [-0.3, -0.25) is 9.59 Å². The van der Waals surface area contributed by atoms with Crippen LogP contribution in [0.3, 0.4) is 0 Å². The largest absolute Gasteiger partial charge is 0.465 e. The Morgan fingerprint density at radius 1 is 1.03 bits per heavy atom. The van der Waals surface area contributed by atoms with Crippen molar-refractivity contribution in [3.8, 4) is 0 Å². The Hall–Kier alpha value is -3.53. The number of hydrogen-bond acceptors (Lipinski definition) is 6. The Kier molecular flexibility index (Phi) is 7.53. The fourth-order valence-corrected chi connectivity index (χ4v) is 5.90. The van der Waals surface area contributed by atoms with Crippen molar-refractivity contribution in [3.05, 3.63) is 95.0 Å². The second-order valence-corrected chi connectivity index (χ2v) is 10.5. The number of ether oxygens (including phenoxy) is 1. The number of sulfonamides is 1. The molecule has 1 saturated heterocycles. The lowest BCUT2D eigenvalue weighted by Crippen LogP contribution is -2.46. The van der Waals surface area contributed by atoms with Crippen molar-refractivity contribution >= 4 is 45.1 Å². The van der Waals surface area contributed by atoms with E-state index in [1.54, 1.807) is 36.4 Å². The third kappa shape index (κ3) is 5.18. The zero-order valence-corrected chi connectivity index (χ0v) is 20.9. The zero-order valence-electron chi connectivity index (χ0n) is 19.3. The molecule has 0 radical (unpaired) electrons. The Morgan fingerprint density at radius 2 is 1.72 bits per heavy atom. The number of nitrogens with zero attached hydrogens (tertiary/aromatic N) is 2. The molecule has 1 fully saturated rings. The highest BCUT2D eigenvalue weighted by atomic mass is 35.5. The molecule has 0 spiro atoms. The summed E-state index contributed by atoms with van der Waals surface area (Å²) in [6.07, 6.45) is -0.0163. The normalized spacial score (nSPS) is 16.0. The second-order valence-electron chi connectivity index (χ2n) is 8.13. The Morgan fingerprint density at radius 3 is 2.36 bits per heavy atom. The first-order valence-corrected chi connectivity index (χ1v) is 12.9. The van der Waals surface area contributed by atoms with E-state index in [0.29, 0.717) is 11.4 Å². The average molecular weight is 527 g/mol. The molecule has 2 amide bonds. The lowest BCUT2D eigenvalue weighted by molar-refractivity contribution is -0.122. The van der Waals surface area contributed by atoms with E-state index in [-0.39, 0.29) is 29.1 Å². The van der Waals surface area contributed by atoms with Crippen molar-refractivity contribution < 1.29 is 27.5 Å². The second kappa shape index (κ2) is 10.6. The van der Waals surface area contributed by atoms with Crippen molar-refractivity contribution in [3.63, 3.8) is 0 Å². The smallest absolute Gasteiger partial charge is 0.337 e. The summed E-state index contributed by atoms with van der Waals surface area (Å²) in [5.74, 6) is -1.75. The Labute approximate surface area is 214 Å². The number of imide groups is 1. The quantitative estimate of drug-likeness (QED) is 0.328. The maximum Gasteiger partial charge on any atom is 0.337 e. The highest BCUT2D eigenvalue weighted by Crippen LogP contribution is 2.30. The van der Waals surface area contributed by atoms with E-state index in [1.165, 1.54) is 43.5 Å². The third-order valence-electron chi connectivity index (χ3n) is 5.88. The van der Waals surface area contributed by atoms with Gasteiger partial charge in [0.2, 0.25) is 15.9 Å². The van der Waals surface area contributed by atoms with Crippen molar-refractivity contribution in [1.82, 2.24) is 4.31 Å². The van der Waals surface area contributed by atoms with Gasteiger partial charge in [0.15, 0.2) is 0 Å². The fraction of sp³-hybridized carbons (Fsp3) is 0.192. The minimum absolute atomic E-state index is 0.0252. The van der Waals surface area contributed by atoms with Crippen LogP contribution in [0.2, 0.25) is 5.02 Å². The number of hydrogen-bond donors (Lipinski definition) is 0. The molecule has 1 aliphatic rings. The van der Waals surface area contributed by atoms with E-state index in [0.717, 1.165) is 14.8 Å². The lowest BCUT2D eigenvalue weighted by Gasteiger charge is -2.27. The van der Waals surface area contributed by atoms with Gasteiger partial charge >= 0.3 is 5.97 Å². The van der Waals surface area contributed by atoms with Crippen LogP contribution >= 0.6 is 11.6 Å². The molecule has 186 valence electrons. The molecule has 36 heavy (non-hydrogen) atoms. The van der Waals surface area contributed by atoms with Crippen LogP contribution in [0.15, 0.2) is 83.8 Å². The van der Waals surface area contributed by atoms with Crippen LogP contribution < -0.4 is 4.90 Å². The molecule has 0 N–H and O–H groups in total. The van der Waals surface area contributed by atoms with E-state index < -0.39 is 33.8 Å². The number of anilines is 1. The lowest BCUT2D eigenvalue weighted by atomic mass is 10.1. The summed E-state index contributed by atoms with van der Waals surface area (Å²) in [6, 6.07) is 19.4. The van der Waals surface area contributed by atoms with Crippen molar-refractivity contribution in [2.75, 3.05) is 18.6 Å². The molecule has 1 heterocycles. The van der Waals surface area contributed by atoms with Crippen LogP contribution in [-0.4, -0.2) is 50.2 Å². The summed E-state index contributed by atoms with van der Waals surface area (Å²) in [5, 5.41) is 0.513. The molecular formula is C26H23ClN2O6S. The van der Waals surface area contributed by atoms with E-state index in [2.05, 4.69) is 4.74 Å². The van der Waals surface area contributed by atoms with E-state index >= 15 is 0 Å². The van der Waals surface area contributed by atoms with Gasteiger partial charge in [0.1, 0.15) is 6.04 Å². The maximum atomic E-state index is 13.6. The molecule has 1 aliphatic heterocycles. The number of benzene rings is 3. The first-order chi connectivity index (χ1) is 17.2. The molecule has 0 bridgehead atoms. The number of methoxy groups -OCH3 is 1. The number of esters is 1. The van der Waals surface area contributed by atoms with Gasteiger partial charge in [0, 0.05) is 11.6 Å². The molecule has 3 aromatic rings. The predicted molar refractivity (Wildman–Crippen MR) is 134 cm³/mol. The molecule has 8 nitrogen and oxygen atoms in total.